The van der Waals surface area contributed by atoms with Crippen LogP contribution in [-0.2, 0) is 16.0 Å². The van der Waals surface area contributed by atoms with Crippen LogP contribution in [0.4, 0.5) is 0 Å². The summed E-state index contributed by atoms with van der Waals surface area (Å²) in [6.07, 6.45) is 2.40. The van der Waals surface area contributed by atoms with Crippen molar-refractivity contribution in [1.82, 2.24) is 20.1 Å². The Bertz CT molecular complexity index is 789. The maximum absolute atomic E-state index is 12.9. The van der Waals surface area contributed by atoms with Gasteiger partial charge in [0.25, 0.3) is 0 Å². The Morgan fingerprint density at radius 3 is 2.44 bits per heavy atom. The van der Waals surface area contributed by atoms with Crippen LogP contribution in [0.15, 0.2) is 30.5 Å². The van der Waals surface area contributed by atoms with Crippen molar-refractivity contribution in [2.45, 2.75) is 33.2 Å². The van der Waals surface area contributed by atoms with Crippen molar-refractivity contribution >= 4 is 22.7 Å². The predicted octanol–water partition coefficient (Wildman–Crippen LogP) is 2.26. The van der Waals surface area contributed by atoms with Gasteiger partial charge in [-0.1, -0.05) is 39.0 Å². The van der Waals surface area contributed by atoms with Crippen molar-refractivity contribution in [3.8, 4) is 0 Å². The molecule has 1 heterocycles. The number of fused-ring (bicyclic) bond motifs is 1. The van der Waals surface area contributed by atoms with Gasteiger partial charge in [0, 0.05) is 49.1 Å². The third-order valence-corrected chi connectivity index (χ3v) is 4.68. The monoisotopic (exact) mass is 372 g/mol. The number of nitrogens with zero attached hydrogens (tertiary/aromatic N) is 2. The van der Waals surface area contributed by atoms with Crippen molar-refractivity contribution in [3.05, 3.63) is 36.0 Å². The van der Waals surface area contributed by atoms with Crippen LogP contribution in [0.3, 0.4) is 0 Å². The molecule has 2 amide bonds. The van der Waals surface area contributed by atoms with E-state index in [1.54, 1.807) is 11.9 Å². The maximum Gasteiger partial charge on any atom is 0.243 e. The summed E-state index contributed by atoms with van der Waals surface area (Å²) >= 11 is 0. The first-order valence-corrected chi connectivity index (χ1v) is 9.36. The Morgan fingerprint density at radius 1 is 1.15 bits per heavy atom. The van der Waals surface area contributed by atoms with E-state index in [2.05, 4.69) is 10.3 Å². The topological polar surface area (TPSA) is 68.4 Å². The van der Waals surface area contributed by atoms with Crippen LogP contribution in [0.25, 0.3) is 10.9 Å². The summed E-state index contributed by atoms with van der Waals surface area (Å²) in [4.78, 5) is 32.6. The Kier molecular flexibility index (Phi) is 6.65. The second kappa shape index (κ2) is 8.57. The Hall–Kier alpha value is -2.34. The highest BCUT2D eigenvalue weighted by molar-refractivity contribution is 5.91. The first kappa shape index (κ1) is 21.0. The van der Waals surface area contributed by atoms with Gasteiger partial charge in [-0.15, -0.1) is 0 Å². The summed E-state index contributed by atoms with van der Waals surface area (Å²) in [6, 6.07) is 7.44. The number of para-hydroxylation sites is 1. The molecule has 6 heteroatoms. The quantitative estimate of drug-likeness (QED) is 0.783. The number of benzene rings is 1. The molecule has 0 spiro atoms. The molecular formula is C21H32N4O2. The average molecular weight is 373 g/mol. The van der Waals surface area contributed by atoms with E-state index in [1.807, 2.05) is 70.2 Å². The molecule has 0 aliphatic rings. The zero-order valence-corrected chi connectivity index (χ0v) is 17.3. The first-order valence-electron chi connectivity index (χ1n) is 9.36. The van der Waals surface area contributed by atoms with E-state index in [0.717, 1.165) is 23.0 Å². The van der Waals surface area contributed by atoms with Gasteiger partial charge in [0.15, 0.2) is 0 Å². The van der Waals surface area contributed by atoms with Gasteiger partial charge >= 0.3 is 0 Å². The molecule has 1 unspecified atom stereocenters. The molecule has 0 radical (unpaired) electrons. The number of carbonyl (C=O) groups excluding carboxylic acids is 2. The van der Waals surface area contributed by atoms with E-state index in [-0.39, 0.29) is 11.8 Å². The summed E-state index contributed by atoms with van der Waals surface area (Å²) in [5.74, 6) is -0.169. The highest BCUT2D eigenvalue weighted by atomic mass is 16.2. The minimum atomic E-state index is -0.557. The Balaban J connectivity index is 2.25. The number of hydrogen-bond donors (Lipinski definition) is 2. The van der Waals surface area contributed by atoms with Gasteiger partial charge in [0.2, 0.25) is 11.8 Å². The average Bonchev–Trinajstić information content (AvgIpc) is 3.00. The van der Waals surface area contributed by atoms with Crippen molar-refractivity contribution in [3.63, 3.8) is 0 Å². The van der Waals surface area contributed by atoms with Crippen LogP contribution in [0.1, 0.15) is 26.3 Å². The van der Waals surface area contributed by atoms with E-state index in [1.165, 1.54) is 0 Å². The fourth-order valence-corrected chi connectivity index (χ4v) is 3.11. The van der Waals surface area contributed by atoms with Crippen LogP contribution in [0.5, 0.6) is 0 Å². The summed E-state index contributed by atoms with van der Waals surface area (Å²) in [7, 11) is 5.65. The molecule has 6 nitrogen and oxygen atoms in total. The van der Waals surface area contributed by atoms with Gasteiger partial charge < -0.3 is 20.1 Å². The van der Waals surface area contributed by atoms with E-state index in [0.29, 0.717) is 13.0 Å². The zero-order valence-electron chi connectivity index (χ0n) is 17.3. The highest BCUT2D eigenvalue weighted by Crippen LogP contribution is 2.23. The molecule has 27 heavy (non-hydrogen) atoms. The number of rotatable bonds is 7. The minimum Gasteiger partial charge on any atom is -0.361 e. The minimum absolute atomic E-state index is 0.0462. The van der Waals surface area contributed by atoms with Crippen LogP contribution in [-0.4, -0.2) is 66.9 Å². The summed E-state index contributed by atoms with van der Waals surface area (Å²) in [5.41, 5.74) is 1.52. The van der Waals surface area contributed by atoms with Crippen LogP contribution in [0.2, 0.25) is 0 Å². The molecule has 0 saturated heterocycles. The number of H-pyrrole nitrogens is 1. The molecule has 1 aromatic carbocycles. The summed E-state index contributed by atoms with van der Waals surface area (Å²) in [6.45, 7) is 6.92. The summed E-state index contributed by atoms with van der Waals surface area (Å²) < 4.78 is 0. The van der Waals surface area contributed by atoms with Crippen molar-refractivity contribution in [2.24, 2.45) is 5.41 Å². The first-order chi connectivity index (χ1) is 12.6. The lowest BCUT2D eigenvalue weighted by Crippen LogP contribution is -2.52. The van der Waals surface area contributed by atoms with E-state index < -0.39 is 11.5 Å². The molecule has 2 rings (SSSR count). The molecule has 0 bridgehead atoms. The second-order valence-corrected chi connectivity index (χ2v) is 8.34. The number of carbonyl (C=O) groups is 2. The van der Waals surface area contributed by atoms with Gasteiger partial charge in [0.1, 0.15) is 6.04 Å². The SMILES string of the molecule is CN(C)CCNC(=O)C(Cc1c[nH]c2ccccc12)N(C)C(=O)C(C)(C)C. The molecule has 148 valence electrons. The number of likely N-dealkylation sites (N-methyl/N-ethyl adjacent to an activating group) is 2. The third kappa shape index (κ3) is 5.32. The highest BCUT2D eigenvalue weighted by Gasteiger charge is 2.33. The molecule has 2 aromatic rings. The third-order valence-electron chi connectivity index (χ3n) is 4.68. The number of nitrogens with one attached hydrogen (secondary N) is 2. The normalized spacial score (nSPS) is 13.0. The van der Waals surface area contributed by atoms with Gasteiger partial charge in [-0.3, -0.25) is 9.59 Å². The molecular weight excluding hydrogens is 340 g/mol. The molecule has 1 atom stereocenters. The molecule has 1 aromatic heterocycles. The summed E-state index contributed by atoms with van der Waals surface area (Å²) in [5, 5.41) is 4.06. The molecule has 2 N–H and O–H groups in total. The van der Waals surface area contributed by atoms with Crippen LogP contribution < -0.4 is 5.32 Å². The molecule has 0 aliphatic heterocycles. The number of amides is 2. The fraction of sp³-hybridized carbons (Fsp3) is 0.524. The van der Waals surface area contributed by atoms with Crippen molar-refractivity contribution in [2.75, 3.05) is 34.2 Å². The number of aromatic nitrogens is 1. The molecule has 0 aliphatic carbocycles. The predicted molar refractivity (Wildman–Crippen MR) is 110 cm³/mol. The lowest BCUT2D eigenvalue weighted by molar-refractivity contribution is -0.145. The van der Waals surface area contributed by atoms with Crippen LogP contribution >= 0.6 is 0 Å². The lowest BCUT2D eigenvalue weighted by atomic mass is 9.93. The van der Waals surface area contributed by atoms with E-state index in [4.69, 9.17) is 0 Å². The Labute approximate surface area is 161 Å². The van der Waals surface area contributed by atoms with E-state index >= 15 is 0 Å². The van der Waals surface area contributed by atoms with Gasteiger partial charge in [-0.05, 0) is 25.7 Å². The second-order valence-electron chi connectivity index (χ2n) is 8.34. The van der Waals surface area contributed by atoms with Crippen molar-refractivity contribution < 1.29 is 9.59 Å². The van der Waals surface area contributed by atoms with Crippen LogP contribution in [0, 0.1) is 5.41 Å². The largest absolute Gasteiger partial charge is 0.361 e. The lowest BCUT2D eigenvalue weighted by Gasteiger charge is -2.32. The fourth-order valence-electron chi connectivity index (χ4n) is 3.11. The van der Waals surface area contributed by atoms with Gasteiger partial charge in [0.05, 0.1) is 0 Å². The van der Waals surface area contributed by atoms with E-state index in [9.17, 15) is 9.59 Å². The van der Waals surface area contributed by atoms with Gasteiger partial charge in [-0.25, -0.2) is 0 Å². The van der Waals surface area contributed by atoms with Gasteiger partial charge in [-0.2, -0.15) is 0 Å². The Morgan fingerprint density at radius 2 is 1.81 bits per heavy atom. The zero-order chi connectivity index (χ0) is 20.2. The number of hydrogen-bond acceptors (Lipinski definition) is 3. The number of aromatic amines is 1. The smallest absolute Gasteiger partial charge is 0.243 e. The standard InChI is InChI=1S/C21H32N4O2/c1-21(2,3)20(27)25(6)18(19(26)22-11-12-24(4)5)13-15-14-23-17-10-8-7-9-16(15)17/h7-10,14,18,23H,11-13H2,1-6H3,(H,22,26). The maximum atomic E-state index is 12.9. The molecule has 0 fully saturated rings. The molecule has 0 saturated carbocycles. The van der Waals surface area contributed by atoms with Crippen molar-refractivity contribution in [1.29, 1.82) is 0 Å².